The highest BCUT2D eigenvalue weighted by molar-refractivity contribution is 7.99. The van der Waals surface area contributed by atoms with Gasteiger partial charge < -0.3 is 19.9 Å². The van der Waals surface area contributed by atoms with Crippen LogP contribution in [-0.2, 0) is 15.3 Å². The molecule has 7 nitrogen and oxygen atoms in total. The number of hydrogen-bond donors (Lipinski definition) is 3. The van der Waals surface area contributed by atoms with Gasteiger partial charge in [0, 0.05) is 23.6 Å². The van der Waals surface area contributed by atoms with Crippen LogP contribution in [0.4, 0.5) is 0 Å². The number of halogens is 1. The predicted octanol–water partition coefficient (Wildman–Crippen LogP) is 2.96. The zero-order valence-corrected chi connectivity index (χ0v) is 16.5. The van der Waals surface area contributed by atoms with Crippen LogP contribution in [-0.4, -0.2) is 44.5 Å². The lowest BCUT2D eigenvalue weighted by atomic mass is 9.98. The molecule has 0 aliphatic rings. The summed E-state index contributed by atoms with van der Waals surface area (Å²) in [7, 11) is 0. The Morgan fingerprint density at radius 1 is 1.37 bits per heavy atom. The molecule has 2 atom stereocenters. The van der Waals surface area contributed by atoms with E-state index in [-0.39, 0.29) is 13.0 Å². The Morgan fingerprint density at radius 3 is 2.63 bits per heavy atom. The lowest BCUT2D eigenvalue weighted by molar-refractivity contribution is -0.147. The first-order valence-corrected chi connectivity index (χ1v) is 9.66. The molecule has 0 aliphatic carbocycles. The molecule has 0 saturated carbocycles. The molecule has 2 aromatic rings. The van der Waals surface area contributed by atoms with Crippen molar-refractivity contribution in [2.75, 3.05) is 6.61 Å². The minimum absolute atomic E-state index is 0.0738. The van der Waals surface area contributed by atoms with E-state index in [1.807, 2.05) is 12.1 Å². The second kappa shape index (κ2) is 9.25. The number of nitrogens with zero attached hydrogens (tertiary/aromatic N) is 1. The molecule has 0 saturated heterocycles. The van der Waals surface area contributed by atoms with E-state index >= 15 is 0 Å². The summed E-state index contributed by atoms with van der Waals surface area (Å²) in [6, 6.07) is 7.16. The maximum absolute atomic E-state index is 12.3. The maximum atomic E-state index is 12.3. The summed E-state index contributed by atoms with van der Waals surface area (Å²) in [5.41, 5.74) is -0.666. The monoisotopic (exact) mass is 412 g/mol. The standard InChI is InChI=1S/C18H21ClN2O5S/c1-11(16(23)21-18(2,7-8-22)17(24)25)27-10-15-20-9-14(26-15)12-3-5-13(19)6-4-12/h3-6,9,11,22H,7-8,10H2,1-2H3,(H,21,23)(H,24,25). The van der Waals surface area contributed by atoms with Crippen molar-refractivity contribution in [2.45, 2.75) is 36.8 Å². The molecular formula is C18H21ClN2O5S. The van der Waals surface area contributed by atoms with E-state index in [0.717, 1.165) is 5.56 Å². The highest BCUT2D eigenvalue weighted by atomic mass is 35.5. The van der Waals surface area contributed by atoms with Crippen LogP contribution in [0.3, 0.4) is 0 Å². The number of amides is 1. The van der Waals surface area contributed by atoms with Crippen molar-refractivity contribution in [1.29, 1.82) is 0 Å². The van der Waals surface area contributed by atoms with Gasteiger partial charge in [0.15, 0.2) is 5.76 Å². The quantitative estimate of drug-likeness (QED) is 0.580. The number of carboxylic acids is 1. The highest BCUT2D eigenvalue weighted by Gasteiger charge is 2.35. The second-order valence-electron chi connectivity index (χ2n) is 6.18. The number of thioether (sulfide) groups is 1. The summed E-state index contributed by atoms with van der Waals surface area (Å²) in [6.45, 7) is 2.70. The van der Waals surface area contributed by atoms with Crippen molar-refractivity contribution in [3.63, 3.8) is 0 Å². The van der Waals surface area contributed by atoms with Crippen molar-refractivity contribution in [1.82, 2.24) is 10.3 Å². The van der Waals surface area contributed by atoms with Gasteiger partial charge >= 0.3 is 5.97 Å². The van der Waals surface area contributed by atoms with Crippen molar-refractivity contribution in [2.24, 2.45) is 0 Å². The molecule has 0 spiro atoms. The molecule has 3 N–H and O–H groups in total. The summed E-state index contributed by atoms with van der Waals surface area (Å²) in [5.74, 6) is -0.210. The lowest BCUT2D eigenvalue weighted by Crippen LogP contribution is -2.54. The third-order valence-electron chi connectivity index (χ3n) is 3.99. The lowest BCUT2D eigenvalue weighted by Gasteiger charge is -2.26. The Balaban J connectivity index is 1.93. The molecule has 2 rings (SSSR count). The van der Waals surface area contributed by atoms with E-state index < -0.39 is 22.7 Å². The zero-order chi connectivity index (χ0) is 20.0. The Kier molecular flexibility index (Phi) is 7.29. The van der Waals surface area contributed by atoms with Crippen LogP contribution in [0.2, 0.25) is 5.02 Å². The number of carbonyl (C=O) groups is 2. The van der Waals surface area contributed by atoms with Gasteiger partial charge in [-0.1, -0.05) is 11.6 Å². The van der Waals surface area contributed by atoms with Gasteiger partial charge in [-0.15, -0.1) is 11.8 Å². The van der Waals surface area contributed by atoms with Gasteiger partial charge in [-0.05, 0) is 38.1 Å². The number of carboxylic acid groups (broad SMARTS) is 1. The summed E-state index contributed by atoms with van der Waals surface area (Å²) in [5, 5.41) is 20.9. The molecule has 1 aromatic carbocycles. The molecule has 27 heavy (non-hydrogen) atoms. The average molecular weight is 413 g/mol. The van der Waals surface area contributed by atoms with E-state index in [9.17, 15) is 14.7 Å². The van der Waals surface area contributed by atoms with Crippen LogP contribution in [0, 0.1) is 0 Å². The first-order valence-electron chi connectivity index (χ1n) is 8.23. The van der Waals surface area contributed by atoms with Gasteiger partial charge in [-0.3, -0.25) is 4.79 Å². The third kappa shape index (κ3) is 5.72. The number of carbonyl (C=O) groups excluding carboxylic acids is 1. The predicted molar refractivity (Wildman–Crippen MR) is 104 cm³/mol. The molecule has 2 unspecified atom stereocenters. The topological polar surface area (TPSA) is 113 Å². The first kappa shape index (κ1) is 21.3. The molecule has 146 valence electrons. The molecule has 0 fully saturated rings. The summed E-state index contributed by atoms with van der Waals surface area (Å²) < 4.78 is 5.68. The molecule has 9 heteroatoms. The van der Waals surface area contributed by atoms with E-state index in [1.54, 1.807) is 25.3 Å². The number of benzene rings is 1. The Morgan fingerprint density at radius 2 is 2.04 bits per heavy atom. The largest absolute Gasteiger partial charge is 0.480 e. The van der Waals surface area contributed by atoms with Crippen molar-refractivity contribution in [3.05, 3.63) is 41.4 Å². The Bertz CT molecular complexity index is 795. The second-order valence-corrected chi connectivity index (χ2v) is 7.94. The van der Waals surface area contributed by atoms with Gasteiger partial charge in [0.1, 0.15) is 5.54 Å². The minimum Gasteiger partial charge on any atom is -0.480 e. The third-order valence-corrected chi connectivity index (χ3v) is 5.37. The minimum atomic E-state index is -1.51. The molecular weight excluding hydrogens is 392 g/mol. The number of nitrogens with one attached hydrogen (secondary N) is 1. The molecule has 0 aliphatic heterocycles. The van der Waals surface area contributed by atoms with Crippen molar-refractivity contribution in [3.8, 4) is 11.3 Å². The van der Waals surface area contributed by atoms with Gasteiger partial charge in [-0.2, -0.15) is 0 Å². The summed E-state index contributed by atoms with van der Waals surface area (Å²) >= 11 is 7.14. The summed E-state index contributed by atoms with van der Waals surface area (Å²) in [4.78, 5) is 27.8. The number of oxazole rings is 1. The van der Waals surface area contributed by atoms with Gasteiger partial charge in [0.25, 0.3) is 0 Å². The maximum Gasteiger partial charge on any atom is 0.329 e. The van der Waals surface area contributed by atoms with Crippen molar-refractivity contribution < 1.29 is 24.2 Å². The number of aliphatic hydroxyl groups is 1. The smallest absolute Gasteiger partial charge is 0.329 e. The normalized spacial score (nSPS) is 14.4. The van der Waals surface area contributed by atoms with E-state index in [4.69, 9.17) is 21.1 Å². The number of hydrogen-bond acceptors (Lipinski definition) is 6. The molecule has 0 bridgehead atoms. The van der Waals surface area contributed by atoms with E-state index in [2.05, 4.69) is 10.3 Å². The van der Waals surface area contributed by atoms with Crippen molar-refractivity contribution >= 4 is 35.2 Å². The van der Waals surface area contributed by atoms with Crippen LogP contribution in [0.25, 0.3) is 11.3 Å². The fourth-order valence-corrected chi connectivity index (χ4v) is 3.08. The number of rotatable bonds is 9. The molecule has 1 heterocycles. The summed E-state index contributed by atoms with van der Waals surface area (Å²) in [6.07, 6.45) is 1.53. The van der Waals surface area contributed by atoms with Crippen LogP contribution >= 0.6 is 23.4 Å². The van der Waals surface area contributed by atoms with Crippen LogP contribution in [0.1, 0.15) is 26.2 Å². The Hall–Kier alpha value is -2.03. The van der Waals surface area contributed by atoms with Crippen LogP contribution in [0.15, 0.2) is 34.9 Å². The van der Waals surface area contributed by atoms with Gasteiger partial charge in [0.05, 0.1) is 17.2 Å². The average Bonchev–Trinajstić information content (AvgIpc) is 3.09. The fourth-order valence-electron chi connectivity index (χ4n) is 2.22. The van der Waals surface area contributed by atoms with Crippen LogP contribution in [0.5, 0.6) is 0 Å². The molecule has 1 amide bonds. The number of aliphatic carboxylic acids is 1. The van der Waals surface area contributed by atoms with E-state index in [0.29, 0.717) is 22.4 Å². The number of aliphatic hydroxyl groups excluding tert-OH is 1. The molecule has 1 aromatic heterocycles. The Labute approximate surface area is 166 Å². The highest BCUT2D eigenvalue weighted by Crippen LogP contribution is 2.25. The van der Waals surface area contributed by atoms with Crippen LogP contribution < -0.4 is 5.32 Å². The van der Waals surface area contributed by atoms with E-state index in [1.165, 1.54) is 18.7 Å². The fraction of sp³-hybridized carbons (Fsp3) is 0.389. The zero-order valence-electron chi connectivity index (χ0n) is 14.9. The van der Waals surface area contributed by atoms with Gasteiger partial charge in [0.2, 0.25) is 11.8 Å². The number of aromatic nitrogens is 1. The first-order chi connectivity index (χ1) is 12.7. The SMILES string of the molecule is CC(SCc1ncc(-c2ccc(Cl)cc2)o1)C(=O)NC(C)(CCO)C(=O)O. The van der Waals surface area contributed by atoms with Gasteiger partial charge in [-0.25, -0.2) is 9.78 Å². The molecule has 0 radical (unpaired) electrons.